The van der Waals surface area contributed by atoms with Crippen molar-refractivity contribution < 1.29 is 13.9 Å². The zero-order chi connectivity index (χ0) is 12.5. The summed E-state index contributed by atoms with van der Waals surface area (Å²) in [5.74, 6) is 0.774. The van der Waals surface area contributed by atoms with E-state index in [9.17, 15) is 4.39 Å². The molecule has 2 saturated carbocycles. The van der Waals surface area contributed by atoms with Crippen molar-refractivity contribution >= 4 is 0 Å². The van der Waals surface area contributed by atoms with Crippen LogP contribution in [0.3, 0.4) is 0 Å². The molecule has 18 heavy (non-hydrogen) atoms. The highest BCUT2D eigenvalue weighted by Crippen LogP contribution is 2.34. The molecule has 0 aromatic heterocycles. The summed E-state index contributed by atoms with van der Waals surface area (Å²) < 4.78 is 25.6. The van der Waals surface area contributed by atoms with Crippen LogP contribution < -0.4 is 9.47 Å². The quantitative estimate of drug-likeness (QED) is 0.804. The maximum absolute atomic E-state index is 14.2. The van der Waals surface area contributed by atoms with Crippen LogP contribution in [0.5, 0.6) is 11.5 Å². The average molecular weight is 250 g/mol. The number of ether oxygens (including phenoxy) is 2. The maximum atomic E-state index is 14.2. The molecule has 0 heterocycles. The van der Waals surface area contributed by atoms with Gasteiger partial charge in [0.25, 0.3) is 0 Å². The Morgan fingerprint density at radius 2 is 1.50 bits per heavy atom. The Bertz CT molecular complexity index is 434. The molecule has 0 atom stereocenters. The van der Waals surface area contributed by atoms with E-state index in [1.165, 1.54) is 12.8 Å². The van der Waals surface area contributed by atoms with Crippen LogP contribution in [0.2, 0.25) is 0 Å². The van der Waals surface area contributed by atoms with Crippen molar-refractivity contribution in [3.8, 4) is 11.5 Å². The molecule has 1 aromatic rings. The second-order valence-corrected chi connectivity index (χ2v) is 5.34. The molecular formula is C15H19FO2. The van der Waals surface area contributed by atoms with E-state index >= 15 is 0 Å². The van der Waals surface area contributed by atoms with E-state index in [0.29, 0.717) is 23.2 Å². The highest BCUT2D eigenvalue weighted by atomic mass is 19.1. The summed E-state index contributed by atoms with van der Waals surface area (Å²) in [5.41, 5.74) is 0.567. The minimum absolute atomic E-state index is 0.189. The van der Waals surface area contributed by atoms with E-state index in [4.69, 9.17) is 9.47 Å². The van der Waals surface area contributed by atoms with Crippen molar-refractivity contribution in [3.63, 3.8) is 0 Å². The second-order valence-electron chi connectivity index (χ2n) is 5.34. The van der Waals surface area contributed by atoms with E-state index in [-0.39, 0.29) is 11.9 Å². The van der Waals surface area contributed by atoms with Crippen molar-refractivity contribution in [2.75, 3.05) is 0 Å². The molecule has 0 N–H and O–H groups in total. The molecule has 2 aliphatic rings. The first-order valence-corrected chi connectivity index (χ1v) is 6.86. The molecule has 98 valence electrons. The summed E-state index contributed by atoms with van der Waals surface area (Å²) in [5, 5.41) is 0. The Hall–Kier alpha value is -1.25. The second kappa shape index (κ2) is 4.79. The Kier molecular flexibility index (Phi) is 3.14. The van der Waals surface area contributed by atoms with Crippen molar-refractivity contribution in [1.29, 1.82) is 0 Å². The third-order valence-corrected chi connectivity index (χ3v) is 3.72. The summed E-state index contributed by atoms with van der Waals surface area (Å²) in [4.78, 5) is 0. The molecule has 3 heteroatoms. The van der Waals surface area contributed by atoms with Gasteiger partial charge in [0, 0.05) is 5.56 Å². The van der Waals surface area contributed by atoms with Crippen LogP contribution in [0.4, 0.5) is 4.39 Å². The highest BCUT2D eigenvalue weighted by molar-refractivity contribution is 5.41. The van der Waals surface area contributed by atoms with E-state index < -0.39 is 0 Å². The van der Waals surface area contributed by atoms with Gasteiger partial charge in [-0.3, -0.25) is 0 Å². The molecule has 0 saturated heterocycles. The fraction of sp³-hybridized carbons (Fsp3) is 0.600. The minimum atomic E-state index is -0.264. The fourth-order valence-electron chi connectivity index (χ4n) is 2.41. The summed E-state index contributed by atoms with van der Waals surface area (Å²) >= 11 is 0. The molecule has 0 unspecified atom stereocenters. The average Bonchev–Trinajstić information content (AvgIpc) is 3.03. The van der Waals surface area contributed by atoms with Gasteiger partial charge in [0.05, 0.1) is 12.2 Å². The number of halogens is 1. The van der Waals surface area contributed by atoms with Gasteiger partial charge in [-0.25, -0.2) is 4.39 Å². The van der Waals surface area contributed by atoms with Gasteiger partial charge in [-0.1, -0.05) is 0 Å². The molecular weight excluding hydrogens is 231 g/mol. The maximum Gasteiger partial charge on any atom is 0.171 e. The molecule has 1 aromatic carbocycles. The summed E-state index contributed by atoms with van der Waals surface area (Å²) in [6, 6.07) is 3.54. The number of rotatable bonds is 4. The van der Waals surface area contributed by atoms with Gasteiger partial charge >= 0.3 is 0 Å². The first kappa shape index (κ1) is 11.8. The predicted octanol–water partition coefficient (Wildman–Crippen LogP) is 4.00. The molecule has 2 fully saturated rings. The molecule has 0 aliphatic heterocycles. The van der Waals surface area contributed by atoms with Crippen LogP contribution in [0, 0.1) is 12.7 Å². The monoisotopic (exact) mass is 250 g/mol. The van der Waals surface area contributed by atoms with Crippen molar-refractivity contribution in [3.05, 3.63) is 23.5 Å². The van der Waals surface area contributed by atoms with Crippen LogP contribution in [0.15, 0.2) is 12.1 Å². The summed E-state index contributed by atoms with van der Waals surface area (Å²) in [6.07, 6.45) is 7.11. The molecule has 3 rings (SSSR count). The van der Waals surface area contributed by atoms with Crippen LogP contribution in [0.1, 0.15) is 44.1 Å². The van der Waals surface area contributed by atoms with Gasteiger partial charge in [-0.15, -0.1) is 0 Å². The van der Waals surface area contributed by atoms with Crippen molar-refractivity contribution in [1.82, 2.24) is 0 Å². The first-order chi connectivity index (χ1) is 8.74. The number of hydrogen-bond acceptors (Lipinski definition) is 2. The Balaban J connectivity index is 1.75. The fourth-order valence-corrected chi connectivity index (χ4v) is 2.41. The van der Waals surface area contributed by atoms with E-state index in [1.54, 1.807) is 13.0 Å². The van der Waals surface area contributed by atoms with E-state index in [0.717, 1.165) is 25.7 Å². The van der Waals surface area contributed by atoms with Crippen molar-refractivity contribution in [2.24, 2.45) is 0 Å². The lowest BCUT2D eigenvalue weighted by Gasteiger charge is -2.16. The zero-order valence-corrected chi connectivity index (χ0v) is 10.7. The standard InChI is InChI=1S/C15H19FO2/c1-10-13(17-12-6-7-12)8-9-14(15(10)16)18-11-4-2-3-5-11/h8-9,11-12H,2-7H2,1H3. The first-order valence-electron chi connectivity index (χ1n) is 6.86. The van der Waals surface area contributed by atoms with Gasteiger partial charge in [0.15, 0.2) is 11.6 Å². The molecule has 2 nitrogen and oxygen atoms in total. The third-order valence-electron chi connectivity index (χ3n) is 3.72. The molecule has 0 radical (unpaired) electrons. The van der Waals surface area contributed by atoms with Gasteiger partial charge < -0.3 is 9.47 Å². The predicted molar refractivity (Wildman–Crippen MR) is 67.7 cm³/mol. The molecule has 0 spiro atoms. The SMILES string of the molecule is Cc1c(OC2CC2)ccc(OC2CCCC2)c1F. The Morgan fingerprint density at radius 3 is 2.17 bits per heavy atom. The normalized spacial score (nSPS) is 20.1. The lowest BCUT2D eigenvalue weighted by Crippen LogP contribution is -2.12. The van der Waals surface area contributed by atoms with Crippen LogP contribution in [-0.4, -0.2) is 12.2 Å². The minimum Gasteiger partial charge on any atom is -0.490 e. The zero-order valence-electron chi connectivity index (χ0n) is 10.7. The summed E-state index contributed by atoms with van der Waals surface area (Å²) in [6.45, 7) is 1.76. The van der Waals surface area contributed by atoms with E-state index in [1.807, 2.05) is 6.07 Å². The van der Waals surface area contributed by atoms with Gasteiger partial charge in [-0.05, 0) is 57.6 Å². The van der Waals surface area contributed by atoms with Crippen LogP contribution >= 0.6 is 0 Å². The van der Waals surface area contributed by atoms with Crippen LogP contribution in [-0.2, 0) is 0 Å². The van der Waals surface area contributed by atoms with Crippen LogP contribution in [0.25, 0.3) is 0 Å². The van der Waals surface area contributed by atoms with Gasteiger partial charge in [0.2, 0.25) is 0 Å². The van der Waals surface area contributed by atoms with E-state index in [2.05, 4.69) is 0 Å². The molecule has 0 amide bonds. The highest BCUT2D eigenvalue weighted by Gasteiger charge is 2.26. The lowest BCUT2D eigenvalue weighted by atomic mass is 10.2. The molecule has 0 bridgehead atoms. The summed E-state index contributed by atoms with van der Waals surface area (Å²) in [7, 11) is 0. The Labute approximate surface area is 107 Å². The topological polar surface area (TPSA) is 18.5 Å². The lowest BCUT2D eigenvalue weighted by molar-refractivity contribution is 0.199. The third kappa shape index (κ3) is 2.45. The number of hydrogen-bond donors (Lipinski definition) is 0. The number of benzene rings is 1. The van der Waals surface area contributed by atoms with Crippen molar-refractivity contribution in [2.45, 2.75) is 57.7 Å². The Morgan fingerprint density at radius 1 is 0.944 bits per heavy atom. The smallest absolute Gasteiger partial charge is 0.171 e. The largest absolute Gasteiger partial charge is 0.490 e. The van der Waals surface area contributed by atoms with Gasteiger partial charge in [0.1, 0.15) is 5.75 Å². The molecule has 2 aliphatic carbocycles. The van der Waals surface area contributed by atoms with Gasteiger partial charge in [-0.2, -0.15) is 0 Å².